The van der Waals surface area contributed by atoms with Crippen LogP contribution in [0.1, 0.15) is 32.1 Å². The molecule has 2 amide bonds. The highest BCUT2D eigenvalue weighted by atomic mass is 16.6. The maximum atomic E-state index is 12.2. The molecule has 0 aromatic heterocycles. The van der Waals surface area contributed by atoms with E-state index in [1.165, 1.54) is 37.0 Å². The van der Waals surface area contributed by atoms with Gasteiger partial charge in [0.2, 0.25) is 5.91 Å². The van der Waals surface area contributed by atoms with Gasteiger partial charge in [0, 0.05) is 18.6 Å². The second-order valence-corrected chi connectivity index (χ2v) is 5.97. The van der Waals surface area contributed by atoms with Gasteiger partial charge < -0.3 is 10.1 Å². The number of hydrogen-bond acceptors (Lipinski definition) is 5. The zero-order valence-electron chi connectivity index (χ0n) is 11.8. The van der Waals surface area contributed by atoms with Crippen LogP contribution in [0, 0.1) is 0 Å². The van der Waals surface area contributed by atoms with E-state index in [1.807, 2.05) is 0 Å². The van der Waals surface area contributed by atoms with Crippen molar-refractivity contribution in [2.24, 2.45) is 0 Å². The average Bonchev–Trinajstić information content (AvgIpc) is 3.21. The summed E-state index contributed by atoms with van der Waals surface area (Å²) in [6.45, 7) is 3.07. The molecule has 2 saturated heterocycles. The van der Waals surface area contributed by atoms with E-state index >= 15 is 0 Å². The molecule has 1 atom stereocenters. The Morgan fingerprint density at radius 2 is 2.20 bits per heavy atom. The normalized spacial score (nSPS) is 26.9. The van der Waals surface area contributed by atoms with Gasteiger partial charge in [-0.15, -0.1) is 0 Å². The molecule has 112 valence electrons. The third-order valence-corrected chi connectivity index (χ3v) is 4.33. The second-order valence-electron chi connectivity index (χ2n) is 5.97. The fourth-order valence-corrected chi connectivity index (χ4v) is 3.02. The molecule has 1 saturated carbocycles. The first kappa shape index (κ1) is 13.8. The number of rotatable bonds is 5. The molecule has 0 bridgehead atoms. The lowest BCUT2D eigenvalue weighted by atomic mass is 10.0. The van der Waals surface area contributed by atoms with E-state index in [9.17, 15) is 9.59 Å². The molecule has 1 aliphatic carbocycles. The number of carbonyl (C=O) groups excluding carboxylic acids is 2. The molecule has 0 aromatic rings. The summed E-state index contributed by atoms with van der Waals surface area (Å²) < 4.78 is 4.83. The fraction of sp³-hybridized carbons (Fsp3) is 0.857. The van der Waals surface area contributed by atoms with E-state index in [0.29, 0.717) is 31.8 Å². The largest absolute Gasteiger partial charge is 0.447 e. The number of amides is 2. The van der Waals surface area contributed by atoms with Crippen LogP contribution in [-0.2, 0) is 9.53 Å². The number of imide groups is 1. The lowest BCUT2D eigenvalue weighted by molar-refractivity contribution is -0.129. The molecular weight excluding hydrogens is 258 g/mol. The molecule has 6 heteroatoms. The summed E-state index contributed by atoms with van der Waals surface area (Å²) in [4.78, 5) is 27.1. The molecule has 0 radical (unpaired) electrons. The second kappa shape index (κ2) is 6.10. The minimum absolute atomic E-state index is 0.116. The maximum absolute atomic E-state index is 12.2. The molecule has 3 aliphatic rings. The monoisotopic (exact) mass is 281 g/mol. The first-order valence-corrected chi connectivity index (χ1v) is 7.68. The summed E-state index contributed by atoms with van der Waals surface area (Å²) in [5, 5.41) is 3.53. The predicted molar refractivity (Wildman–Crippen MR) is 73.3 cm³/mol. The van der Waals surface area contributed by atoms with Crippen LogP contribution in [-0.4, -0.2) is 66.7 Å². The Bertz CT molecular complexity index is 378. The molecule has 0 spiro atoms. The molecule has 1 N–H and O–H groups in total. The van der Waals surface area contributed by atoms with Gasteiger partial charge in [0.05, 0.1) is 13.1 Å². The van der Waals surface area contributed by atoms with Gasteiger partial charge in [-0.3, -0.25) is 9.69 Å². The van der Waals surface area contributed by atoms with E-state index in [0.717, 1.165) is 13.1 Å². The molecule has 6 nitrogen and oxygen atoms in total. The lowest BCUT2D eigenvalue weighted by Crippen LogP contribution is -2.48. The number of nitrogens with one attached hydrogen (secondary N) is 1. The minimum Gasteiger partial charge on any atom is -0.447 e. The first-order valence-electron chi connectivity index (χ1n) is 7.68. The molecule has 0 aromatic carbocycles. The molecule has 2 heterocycles. The molecule has 1 unspecified atom stereocenters. The van der Waals surface area contributed by atoms with E-state index < -0.39 is 6.09 Å². The number of nitrogens with zero attached hydrogens (tertiary/aromatic N) is 2. The number of piperidine rings is 1. The summed E-state index contributed by atoms with van der Waals surface area (Å²) in [7, 11) is 0. The highest BCUT2D eigenvalue weighted by Gasteiger charge is 2.35. The van der Waals surface area contributed by atoms with Crippen molar-refractivity contribution in [3.8, 4) is 0 Å². The van der Waals surface area contributed by atoms with Crippen molar-refractivity contribution in [2.45, 2.75) is 44.2 Å². The van der Waals surface area contributed by atoms with Crippen molar-refractivity contribution in [1.29, 1.82) is 0 Å². The Kier molecular flexibility index (Phi) is 4.21. The van der Waals surface area contributed by atoms with Gasteiger partial charge in [0.15, 0.2) is 0 Å². The Morgan fingerprint density at radius 3 is 2.80 bits per heavy atom. The third kappa shape index (κ3) is 3.30. The van der Waals surface area contributed by atoms with E-state index in [4.69, 9.17) is 4.74 Å². The fourth-order valence-electron chi connectivity index (χ4n) is 3.02. The number of ether oxygens (including phenoxy) is 1. The Labute approximate surface area is 119 Å². The molecule has 3 fully saturated rings. The van der Waals surface area contributed by atoms with Gasteiger partial charge in [-0.2, -0.15) is 0 Å². The van der Waals surface area contributed by atoms with Crippen molar-refractivity contribution < 1.29 is 14.3 Å². The maximum Gasteiger partial charge on any atom is 0.416 e. The highest BCUT2D eigenvalue weighted by molar-refractivity contribution is 5.94. The molecular formula is C14H23N3O3. The highest BCUT2D eigenvalue weighted by Crippen LogP contribution is 2.27. The molecule has 20 heavy (non-hydrogen) atoms. The van der Waals surface area contributed by atoms with Gasteiger partial charge >= 0.3 is 6.09 Å². The Hall–Kier alpha value is -1.14. The van der Waals surface area contributed by atoms with Crippen molar-refractivity contribution in [3.63, 3.8) is 0 Å². The Morgan fingerprint density at radius 1 is 1.35 bits per heavy atom. The quantitative estimate of drug-likeness (QED) is 0.798. The van der Waals surface area contributed by atoms with Crippen LogP contribution in [0.15, 0.2) is 0 Å². The third-order valence-electron chi connectivity index (χ3n) is 4.33. The standard InChI is InChI=1S/C14H23N3O3/c18-13(17-7-8-20-14(17)19)10-16(12-4-5-12)9-11-3-1-2-6-15-11/h11-12,15H,1-10H2. The van der Waals surface area contributed by atoms with Crippen LogP contribution in [0.3, 0.4) is 0 Å². The van der Waals surface area contributed by atoms with Crippen LogP contribution >= 0.6 is 0 Å². The van der Waals surface area contributed by atoms with Crippen LogP contribution in [0.4, 0.5) is 4.79 Å². The van der Waals surface area contributed by atoms with Gasteiger partial charge in [-0.05, 0) is 32.2 Å². The summed E-state index contributed by atoms with van der Waals surface area (Å²) in [5.74, 6) is -0.116. The van der Waals surface area contributed by atoms with Gasteiger partial charge in [-0.1, -0.05) is 6.42 Å². The predicted octanol–water partition coefficient (Wildman–Crippen LogP) is 0.572. The summed E-state index contributed by atoms with van der Waals surface area (Å²) in [5.41, 5.74) is 0. The summed E-state index contributed by atoms with van der Waals surface area (Å²) in [6, 6.07) is 1.02. The van der Waals surface area contributed by atoms with Crippen molar-refractivity contribution >= 4 is 12.0 Å². The minimum atomic E-state index is -0.485. The van der Waals surface area contributed by atoms with Gasteiger partial charge in [-0.25, -0.2) is 9.69 Å². The first-order chi connectivity index (χ1) is 9.74. The van der Waals surface area contributed by atoms with Gasteiger partial charge in [0.1, 0.15) is 6.61 Å². The number of cyclic esters (lactones) is 1. The SMILES string of the molecule is O=C(CN(CC1CCCCN1)C1CC1)N1CCOC1=O. The van der Waals surface area contributed by atoms with Crippen molar-refractivity contribution in [1.82, 2.24) is 15.1 Å². The topological polar surface area (TPSA) is 61.9 Å². The van der Waals surface area contributed by atoms with E-state index in [1.54, 1.807) is 0 Å². The van der Waals surface area contributed by atoms with Gasteiger partial charge in [0.25, 0.3) is 0 Å². The summed E-state index contributed by atoms with van der Waals surface area (Å²) in [6.07, 6.45) is 5.56. The molecule has 3 rings (SSSR count). The van der Waals surface area contributed by atoms with Crippen LogP contribution in [0.5, 0.6) is 0 Å². The van der Waals surface area contributed by atoms with Crippen LogP contribution in [0.25, 0.3) is 0 Å². The number of hydrogen-bond donors (Lipinski definition) is 1. The summed E-state index contributed by atoms with van der Waals surface area (Å²) >= 11 is 0. The van der Waals surface area contributed by atoms with E-state index in [-0.39, 0.29) is 5.91 Å². The Balaban J connectivity index is 1.53. The van der Waals surface area contributed by atoms with Crippen LogP contribution in [0.2, 0.25) is 0 Å². The smallest absolute Gasteiger partial charge is 0.416 e. The van der Waals surface area contributed by atoms with Crippen molar-refractivity contribution in [3.05, 3.63) is 0 Å². The molecule has 2 aliphatic heterocycles. The zero-order valence-corrected chi connectivity index (χ0v) is 11.8. The van der Waals surface area contributed by atoms with E-state index in [2.05, 4.69) is 10.2 Å². The lowest BCUT2D eigenvalue weighted by Gasteiger charge is -2.30. The zero-order chi connectivity index (χ0) is 13.9. The average molecular weight is 281 g/mol. The van der Waals surface area contributed by atoms with Crippen molar-refractivity contribution in [2.75, 3.05) is 32.8 Å². The van der Waals surface area contributed by atoms with Crippen LogP contribution < -0.4 is 5.32 Å². The number of carbonyl (C=O) groups is 2.